The van der Waals surface area contributed by atoms with Crippen LogP contribution >= 0.6 is 34.2 Å². The Morgan fingerprint density at radius 1 is 1.10 bits per heavy atom. The molecule has 0 aliphatic rings. The molecule has 0 atom stereocenters. The number of rotatable bonds is 2. The molecule has 0 spiro atoms. The van der Waals surface area contributed by atoms with E-state index in [4.69, 9.17) is 17.3 Å². The highest BCUT2D eigenvalue weighted by molar-refractivity contribution is 14.1. The van der Waals surface area contributed by atoms with E-state index in [0.29, 0.717) is 10.7 Å². The minimum atomic E-state index is 0.667. The van der Waals surface area contributed by atoms with Gasteiger partial charge in [-0.1, -0.05) is 11.6 Å². The molecular weight excluding hydrogens is 385 g/mol. The quantitative estimate of drug-likeness (QED) is 0.483. The van der Waals surface area contributed by atoms with Crippen LogP contribution < -0.4 is 11.1 Å². The van der Waals surface area contributed by atoms with Gasteiger partial charge in [-0.05, 0) is 65.1 Å². The van der Waals surface area contributed by atoms with Crippen LogP contribution in [0.25, 0.3) is 10.9 Å². The Balaban J connectivity index is 2.09. The van der Waals surface area contributed by atoms with Crippen LogP contribution in [0.5, 0.6) is 0 Å². The molecule has 3 aromatic rings. The van der Waals surface area contributed by atoms with Gasteiger partial charge in [-0.25, -0.2) is 0 Å². The van der Waals surface area contributed by atoms with Crippen molar-refractivity contribution in [2.45, 2.75) is 0 Å². The number of nitrogens with one attached hydrogen (secondary N) is 1. The van der Waals surface area contributed by atoms with Crippen molar-refractivity contribution in [1.29, 1.82) is 0 Å². The van der Waals surface area contributed by atoms with Gasteiger partial charge in [0.2, 0.25) is 0 Å². The van der Waals surface area contributed by atoms with E-state index in [2.05, 4.69) is 32.9 Å². The molecule has 1 heterocycles. The number of benzene rings is 2. The van der Waals surface area contributed by atoms with Crippen LogP contribution in [0.1, 0.15) is 0 Å². The van der Waals surface area contributed by atoms with Crippen molar-refractivity contribution in [3.8, 4) is 0 Å². The highest BCUT2D eigenvalue weighted by atomic mass is 127. The zero-order valence-corrected chi connectivity index (χ0v) is 13.3. The Morgan fingerprint density at radius 2 is 1.90 bits per heavy atom. The van der Waals surface area contributed by atoms with E-state index < -0.39 is 0 Å². The fraction of sp³-hybridized carbons (Fsp3) is 0. The molecule has 100 valence electrons. The lowest BCUT2D eigenvalue weighted by atomic mass is 10.1. The summed E-state index contributed by atoms with van der Waals surface area (Å²) in [6.45, 7) is 0. The number of aromatic nitrogens is 1. The molecule has 0 aliphatic carbocycles. The number of halogens is 2. The van der Waals surface area contributed by atoms with Crippen molar-refractivity contribution in [3.63, 3.8) is 0 Å². The van der Waals surface area contributed by atoms with Gasteiger partial charge in [-0.2, -0.15) is 0 Å². The third kappa shape index (κ3) is 2.53. The fourth-order valence-electron chi connectivity index (χ4n) is 2.04. The summed E-state index contributed by atoms with van der Waals surface area (Å²) in [4.78, 5) is 4.32. The Bertz CT molecular complexity index is 789. The van der Waals surface area contributed by atoms with Gasteiger partial charge in [0.25, 0.3) is 0 Å². The summed E-state index contributed by atoms with van der Waals surface area (Å²) in [7, 11) is 0. The first-order valence-electron chi connectivity index (χ1n) is 6.00. The van der Waals surface area contributed by atoms with E-state index in [1.54, 1.807) is 6.20 Å². The van der Waals surface area contributed by atoms with Crippen molar-refractivity contribution in [2.75, 3.05) is 11.1 Å². The number of nitrogens with zero attached hydrogens (tertiary/aromatic N) is 1. The molecule has 0 saturated heterocycles. The lowest BCUT2D eigenvalue weighted by Gasteiger charge is -2.12. The van der Waals surface area contributed by atoms with Crippen molar-refractivity contribution in [1.82, 2.24) is 4.98 Å². The van der Waals surface area contributed by atoms with Gasteiger partial charge in [0.05, 0.1) is 21.9 Å². The van der Waals surface area contributed by atoms with E-state index in [9.17, 15) is 0 Å². The molecule has 2 aromatic carbocycles. The van der Waals surface area contributed by atoms with E-state index in [1.165, 1.54) is 0 Å². The number of nitrogens with two attached hydrogens (primary N) is 1. The summed E-state index contributed by atoms with van der Waals surface area (Å²) in [5, 5.41) is 5.00. The van der Waals surface area contributed by atoms with E-state index >= 15 is 0 Å². The summed E-state index contributed by atoms with van der Waals surface area (Å²) >= 11 is 8.49. The molecule has 0 aliphatic heterocycles. The maximum Gasteiger partial charge on any atom is 0.0951 e. The van der Waals surface area contributed by atoms with Gasteiger partial charge in [0.1, 0.15) is 0 Å². The first-order valence-corrected chi connectivity index (χ1v) is 7.46. The first kappa shape index (κ1) is 13.5. The zero-order chi connectivity index (χ0) is 14.1. The van der Waals surface area contributed by atoms with Crippen LogP contribution in [0, 0.1) is 3.57 Å². The van der Waals surface area contributed by atoms with Crippen molar-refractivity contribution in [2.24, 2.45) is 0 Å². The molecule has 0 saturated carbocycles. The maximum atomic E-state index is 6.25. The normalized spacial score (nSPS) is 10.7. The van der Waals surface area contributed by atoms with Gasteiger partial charge < -0.3 is 11.1 Å². The summed E-state index contributed by atoms with van der Waals surface area (Å²) in [5.74, 6) is 0. The Labute approximate surface area is 135 Å². The zero-order valence-electron chi connectivity index (χ0n) is 10.4. The molecular formula is C15H11ClIN3. The highest BCUT2D eigenvalue weighted by Gasteiger charge is 2.07. The van der Waals surface area contributed by atoms with Gasteiger partial charge >= 0.3 is 0 Å². The smallest absolute Gasteiger partial charge is 0.0951 e. The molecule has 0 fully saturated rings. The minimum absolute atomic E-state index is 0.667. The third-order valence-corrected chi connectivity index (χ3v) is 3.99. The summed E-state index contributed by atoms with van der Waals surface area (Å²) in [6, 6.07) is 13.5. The van der Waals surface area contributed by atoms with Gasteiger partial charge in [-0.3, -0.25) is 4.98 Å². The van der Waals surface area contributed by atoms with E-state index in [1.807, 2.05) is 42.5 Å². The van der Waals surface area contributed by atoms with Crippen molar-refractivity contribution >= 4 is 62.2 Å². The summed E-state index contributed by atoms with van der Waals surface area (Å²) < 4.78 is 1.10. The minimum Gasteiger partial charge on any atom is -0.397 e. The number of pyridine rings is 1. The van der Waals surface area contributed by atoms with E-state index in [0.717, 1.165) is 25.8 Å². The largest absolute Gasteiger partial charge is 0.397 e. The standard InChI is InChI=1S/C15H11ClIN3/c16-11-8-9(17)3-5-14(11)20-13-6-4-12(18)15-10(13)2-1-7-19-15/h1-8,20H,18H2. The predicted octanol–water partition coefficient (Wildman–Crippen LogP) is 4.82. The molecule has 20 heavy (non-hydrogen) atoms. The second-order valence-electron chi connectivity index (χ2n) is 4.35. The molecule has 3 rings (SSSR count). The Hall–Kier alpha value is -1.53. The monoisotopic (exact) mass is 395 g/mol. The van der Waals surface area contributed by atoms with Crippen LogP contribution in [0.15, 0.2) is 48.7 Å². The molecule has 3 N–H and O–H groups in total. The summed E-state index contributed by atoms with van der Waals surface area (Å²) in [5.41, 5.74) is 9.21. The second kappa shape index (κ2) is 5.46. The average Bonchev–Trinajstić information content (AvgIpc) is 2.45. The van der Waals surface area contributed by atoms with Crippen LogP contribution in [-0.2, 0) is 0 Å². The predicted molar refractivity (Wildman–Crippen MR) is 93.6 cm³/mol. The van der Waals surface area contributed by atoms with Gasteiger partial charge in [-0.15, -0.1) is 0 Å². The van der Waals surface area contributed by atoms with Crippen molar-refractivity contribution < 1.29 is 0 Å². The average molecular weight is 396 g/mol. The maximum absolute atomic E-state index is 6.25. The lowest BCUT2D eigenvalue weighted by molar-refractivity contribution is 1.41. The Kier molecular flexibility index (Phi) is 3.67. The topological polar surface area (TPSA) is 50.9 Å². The summed E-state index contributed by atoms with van der Waals surface area (Å²) in [6.07, 6.45) is 1.74. The molecule has 0 unspecified atom stereocenters. The van der Waals surface area contributed by atoms with Gasteiger partial charge in [0, 0.05) is 20.8 Å². The molecule has 5 heteroatoms. The SMILES string of the molecule is Nc1ccc(Nc2ccc(I)cc2Cl)c2cccnc12. The van der Waals surface area contributed by atoms with E-state index in [-0.39, 0.29) is 0 Å². The Morgan fingerprint density at radius 3 is 2.70 bits per heavy atom. The third-order valence-electron chi connectivity index (χ3n) is 3.00. The molecule has 3 nitrogen and oxygen atoms in total. The number of hydrogen-bond acceptors (Lipinski definition) is 3. The van der Waals surface area contributed by atoms with Crippen LogP contribution in [0.3, 0.4) is 0 Å². The molecule has 0 radical (unpaired) electrons. The number of fused-ring (bicyclic) bond motifs is 1. The lowest BCUT2D eigenvalue weighted by Crippen LogP contribution is -1.96. The van der Waals surface area contributed by atoms with Crippen molar-refractivity contribution in [3.05, 3.63) is 57.3 Å². The molecule has 1 aromatic heterocycles. The second-order valence-corrected chi connectivity index (χ2v) is 6.00. The number of nitrogen functional groups attached to an aromatic ring is 1. The fourth-order valence-corrected chi connectivity index (χ4v) is 2.94. The van der Waals surface area contributed by atoms with Crippen LogP contribution in [0.2, 0.25) is 5.02 Å². The molecule has 0 bridgehead atoms. The number of anilines is 3. The highest BCUT2D eigenvalue weighted by Crippen LogP contribution is 2.32. The molecule has 0 amide bonds. The van der Waals surface area contributed by atoms with Crippen LogP contribution in [-0.4, -0.2) is 4.98 Å². The number of hydrogen-bond donors (Lipinski definition) is 2. The van der Waals surface area contributed by atoms with Crippen LogP contribution in [0.4, 0.5) is 17.1 Å². The van der Waals surface area contributed by atoms with Gasteiger partial charge in [0.15, 0.2) is 0 Å². The first-order chi connectivity index (χ1) is 9.65.